The minimum absolute atomic E-state index is 0.138. The highest BCUT2D eigenvalue weighted by molar-refractivity contribution is 5.79. The van der Waals surface area contributed by atoms with Gasteiger partial charge in [-0.1, -0.05) is 12.1 Å². The Bertz CT molecular complexity index is 525. The fourth-order valence-electron chi connectivity index (χ4n) is 2.25. The summed E-state index contributed by atoms with van der Waals surface area (Å²) in [5.74, 6) is -0.138. The van der Waals surface area contributed by atoms with Crippen LogP contribution in [-0.2, 0) is 16.0 Å². The molecule has 1 heterocycles. The number of nitriles is 1. The lowest BCUT2D eigenvalue weighted by Gasteiger charge is -2.28. The third kappa shape index (κ3) is 4.47. The highest BCUT2D eigenvalue weighted by atomic mass is 16.5. The largest absolute Gasteiger partial charge is 0.378 e. The van der Waals surface area contributed by atoms with Crippen LogP contribution in [0.5, 0.6) is 0 Å². The minimum atomic E-state index is -0.829. The number of carbonyl (C=O) groups is 1. The normalized spacial score (nSPS) is 15.4. The molecule has 112 valence electrons. The van der Waals surface area contributed by atoms with Gasteiger partial charge in [-0.2, -0.15) is 5.26 Å². The van der Waals surface area contributed by atoms with Crippen molar-refractivity contribution in [3.8, 4) is 6.07 Å². The molecule has 0 unspecified atom stereocenters. The fraction of sp³-hybridized carbons (Fsp3) is 0.500. The second kappa shape index (κ2) is 6.59. The van der Waals surface area contributed by atoms with E-state index in [1.165, 1.54) is 0 Å². The van der Waals surface area contributed by atoms with Crippen LogP contribution in [0.3, 0.4) is 0 Å². The molecule has 5 nitrogen and oxygen atoms in total. The summed E-state index contributed by atoms with van der Waals surface area (Å²) in [4.78, 5) is 14.2. The number of ether oxygens (including phenoxy) is 1. The maximum absolute atomic E-state index is 11.9. The lowest BCUT2D eigenvalue weighted by Crippen LogP contribution is -2.42. The summed E-state index contributed by atoms with van der Waals surface area (Å²) in [6.45, 7) is 6.69. The standard InChI is InChI=1S/C16H21N3O2/c1-16(2,12-17)18-15(20)11-13-3-5-14(6-4-13)19-7-9-21-10-8-19/h3-6H,7-11H2,1-2H3,(H,18,20). The molecule has 0 aliphatic carbocycles. The zero-order valence-electron chi connectivity index (χ0n) is 12.6. The molecule has 21 heavy (non-hydrogen) atoms. The number of carbonyl (C=O) groups excluding carboxylic acids is 1. The van der Waals surface area contributed by atoms with Gasteiger partial charge in [0, 0.05) is 18.8 Å². The predicted octanol–water partition coefficient (Wildman–Crippen LogP) is 1.48. The van der Waals surface area contributed by atoms with Crippen LogP contribution in [0, 0.1) is 11.3 Å². The Balaban J connectivity index is 1.93. The van der Waals surface area contributed by atoms with E-state index in [0.29, 0.717) is 0 Å². The van der Waals surface area contributed by atoms with Crippen molar-refractivity contribution in [2.45, 2.75) is 25.8 Å². The first-order valence-electron chi connectivity index (χ1n) is 7.14. The predicted molar refractivity (Wildman–Crippen MR) is 81.0 cm³/mol. The average molecular weight is 287 g/mol. The Labute approximate surface area is 125 Å². The molecule has 1 saturated heterocycles. The van der Waals surface area contributed by atoms with Crippen LogP contribution in [0.1, 0.15) is 19.4 Å². The van der Waals surface area contributed by atoms with Gasteiger partial charge in [0.1, 0.15) is 5.54 Å². The molecule has 0 saturated carbocycles. The summed E-state index contributed by atoms with van der Waals surface area (Å²) in [6, 6.07) is 10.0. The van der Waals surface area contributed by atoms with Crippen LogP contribution in [0.15, 0.2) is 24.3 Å². The van der Waals surface area contributed by atoms with Crippen molar-refractivity contribution < 1.29 is 9.53 Å². The smallest absolute Gasteiger partial charge is 0.225 e. The van der Waals surface area contributed by atoms with Crippen molar-refractivity contribution in [1.82, 2.24) is 5.32 Å². The second-order valence-corrected chi connectivity index (χ2v) is 5.73. The molecule has 1 aromatic carbocycles. The molecular formula is C16H21N3O2. The van der Waals surface area contributed by atoms with Crippen molar-refractivity contribution in [1.29, 1.82) is 5.26 Å². The molecule has 0 spiro atoms. The van der Waals surface area contributed by atoms with E-state index < -0.39 is 5.54 Å². The van der Waals surface area contributed by atoms with Gasteiger partial charge in [-0.3, -0.25) is 4.79 Å². The van der Waals surface area contributed by atoms with E-state index in [-0.39, 0.29) is 12.3 Å². The Hall–Kier alpha value is -2.06. The quantitative estimate of drug-likeness (QED) is 0.911. The van der Waals surface area contributed by atoms with Crippen molar-refractivity contribution in [3.63, 3.8) is 0 Å². The maximum Gasteiger partial charge on any atom is 0.225 e. The van der Waals surface area contributed by atoms with Crippen LogP contribution < -0.4 is 10.2 Å². The molecule has 5 heteroatoms. The molecule has 0 radical (unpaired) electrons. The summed E-state index contributed by atoms with van der Waals surface area (Å²) in [5, 5.41) is 11.6. The van der Waals surface area contributed by atoms with E-state index in [0.717, 1.165) is 37.6 Å². The van der Waals surface area contributed by atoms with Crippen LogP contribution in [0.4, 0.5) is 5.69 Å². The average Bonchev–Trinajstić information content (AvgIpc) is 2.48. The monoisotopic (exact) mass is 287 g/mol. The maximum atomic E-state index is 11.9. The third-order valence-electron chi connectivity index (χ3n) is 3.41. The first-order valence-corrected chi connectivity index (χ1v) is 7.14. The number of morpholine rings is 1. The van der Waals surface area contributed by atoms with Gasteiger partial charge < -0.3 is 15.0 Å². The zero-order valence-corrected chi connectivity index (χ0v) is 12.6. The van der Waals surface area contributed by atoms with E-state index in [4.69, 9.17) is 10.00 Å². The van der Waals surface area contributed by atoms with E-state index in [1.807, 2.05) is 24.3 Å². The summed E-state index contributed by atoms with van der Waals surface area (Å²) in [5.41, 5.74) is 1.27. The first-order chi connectivity index (χ1) is 10.00. The lowest BCUT2D eigenvalue weighted by atomic mass is 10.1. The second-order valence-electron chi connectivity index (χ2n) is 5.73. The molecule has 0 bridgehead atoms. The van der Waals surface area contributed by atoms with Crippen LogP contribution >= 0.6 is 0 Å². The highest BCUT2D eigenvalue weighted by Crippen LogP contribution is 2.17. The van der Waals surface area contributed by atoms with E-state index >= 15 is 0 Å². The van der Waals surface area contributed by atoms with E-state index in [2.05, 4.69) is 16.3 Å². The summed E-state index contributed by atoms with van der Waals surface area (Å²) < 4.78 is 5.33. The van der Waals surface area contributed by atoms with Crippen molar-refractivity contribution in [2.75, 3.05) is 31.2 Å². The summed E-state index contributed by atoms with van der Waals surface area (Å²) in [6.07, 6.45) is 0.286. The Kier molecular flexibility index (Phi) is 4.81. The number of benzene rings is 1. The Morgan fingerprint density at radius 2 is 1.95 bits per heavy atom. The van der Waals surface area contributed by atoms with Crippen LogP contribution in [0.25, 0.3) is 0 Å². The van der Waals surface area contributed by atoms with Gasteiger partial charge in [0.15, 0.2) is 0 Å². The lowest BCUT2D eigenvalue weighted by molar-refractivity contribution is -0.121. The number of rotatable bonds is 4. The molecule has 1 amide bonds. The molecule has 1 fully saturated rings. The molecule has 1 aliphatic rings. The minimum Gasteiger partial charge on any atom is -0.378 e. The van der Waals surface area contributed by atoms with Gasteiger partial charge >= 0.3 is 0 Å². The number of hydrogen-bond acceptors (Lipinski definition) is 4. The Morgan fingerprint density at radius 3 is 2.52 bits per heavy atom. The molecular weight excluding hydrogens is 266 g/mol. The number of amides is 1. The van der Waals surface area contributed by atoms with Gasteiger partial charge in [-0.05, 0) is 31.5 Å². The molecule has 1 N–H and O–H groups in total. The molecule has 1 aliphatic heterocycles. The zero-order chi connectivity index (χ0) is 15.3. The highest BCUT2D eigenvalue weighted by Gasteiger charge is 2.19. The fourth-order valence-corrected chi connectivity index (χ4v) is 2.25. The van der Waals surface area contributed by atoms with Crippen LogP contribution in [0.2, 0.25) is 0 Å². The number of anilines is 1. The van der Waals surface area contributed by atoms with Crippen molar-refractivity contribution >= 4 is 11.6 Å². The van der Waals surface area contributed by atoms with Gasteiger partial charge in [0.05, 0.1) is 25.7 Å². The van der Waals surface area contributed by atoms with Gasteiger partial charge in [-0.25, -0.2) is 0 Å². The third-order valence-corrected chi connectivity index (χ3v) is 3.41. The van der Waals surface area contributed by atoms with Crippen molar-refractivity contribution in [2.24, 2.45) is 0 Å². The topological polar surface area (TPSA) is 65.4 Å². The first kappa shape index (κ1) is 15.3. The Morgan fingerprint density at radius 1 is 1.33 bits per heavy atom. The molecule has 0 aromatic heterocycles. The summed E-state index contributed by atoms with van der Waals surface area (Å²) in [7, 11) is 0. The van der Waals surface area contributed by atoms with E-state index in [9.17, 15) is 4.79 Å². The van der Waals surface area contributed by atoms with Crippen LogP contribution in [-0.4, -0.2) is 37.7 Å². The summed E-state index contributed by atoms with van der Waals surface area (Å²) >= 11 is 0. The number of nitrogens with zero attached hydrogens (tertiary/aromatic N) is 2. The molecule has 1 aromatic rings. The van der Waals surface area contributed by atoms with E-state index in [1.54, 1.807) is 13.8 Å². The van der Waals surface area contributed by atoms with Gasteiger partial charge in [-0.15, -0.1) is 0 Å². The van der Waals surface area contributed by atoms with Crippen molar-refractivity contribution in [3.05, 3.63) is 29.8 Å². The van der Waals surface area contributed by atoms with Gasteiger partial charge in [0.25, 0.3) is 0 Å². The molecule has 2 rings (SSSR count). The number of hydrogen-bond donors (Lipinski definition) is 1. The SMILES string of the molecule is CC(C)(C#N)NC(=O)Cc1ccc(N2CCOCC2)cc1. The molecule has 0 atom stereocenters. The number of nitrogens with one attached hydrogen (secondary N) is 1. The van der Waals surface area contributed by atoms with Gasteiger partial charge in [0.2, 0.25) is 5.91 Å².